The summed E-state index contributed by atoms with van der Waals surface area (Å²) in [5.41, 5.74) is 2.38. The molecule has 1 aromatic carbocycles. The van der Waals surface area contributed by atoms with E-state index in [1.807, 2.05) is 75.2 Å². The summed E-state index contributed by atoms with van der Waals surface area (Å²) in [7, 11) is 0. The predicted octanol–water partition coefficient (Wildman–Crippen LogP) is 5.11. The fraction of sp³-hybridized carbons (Fsp3) is 0.556. The van der Waals surface area contributed by atoms with Gasteiger partial charge in [0.05, 0.1) is 23.5 Å². The number of nitrogens with zero attached hydrogens (tertiary/aromatic N) is 2. The lowest BCUT2D eigenvalue weighted by Gasteiger charge is -2.48. The first-order valence-electron chi connectivity index (χ1n) is 12.2. The number of aryl methyl sites for hydroxylation is 1. The van der Waals surface area contributed by atoms with E-state index in [-0.39, 0.29) is 29.8 Å². The molecule has 2 atom stereocenters. The van der Waals surface area contributed by atoms with Gasteiger partial charge in [0.2, 0.25) is 0 Å². The summed E-state index contributed by atoms with van der Waals surface area (Å²) in [4.78, 5) is 19.7. The van der Waals surface area contributed by atoms with E-state index in [1.165, 1.54) is 0 Å². The SMILES string of the molecule is CCOC1CC(c2ccccn2)OC2(CCN(C(=O)c3ccc(OC(C)C)c(C)c3)CC2)C1. The van der Waals surface area contributed by atoms with Gasteiger partial charge in [-0.3, -0.25) is 9.78 Å². The summed E-state index contributed by atoms with van der Waals surface area (Å²) < 4.78 is 18.6. The second kappa shape index (κ2) is 10.2. The van der Waals surface area contributed by atoms with E-state index in [4.69, 9.17) is 14.2 Å². The third-order valence-electron chi connectivity index (χ3n) is 6.64. The summed E-state index contributed by atoms with van der Waals surface area (Å²) in [5, 5.41) is 0. The van der Waals surface area contributed by atoms with Crippen LogP contribution in [0.5, 0.6) is 5.75 Å². The van der Waals surface area contributed by atoms with Crippen molar-refractivity contribution in [1.82, 2.24) is 9.88 Å². The Morgan fingerprint density at radius 1 is 1.24 bits per heavy atom. The van der Waals surface area contributed by atoms with Crippen molar-refractivity contribution in [3.63, 3.8) is 0 Å². The zero-order chi connectivity index (χ0) is 23.4. The van der Waals surface area contributed by atoms with Gasteiger partial charge in [-0.25, -0.2) is 0 Å². The van der Waals surface area contributed by atoms with Crippen molar-refractivity contribution in [1.29, 1.82) is 0 Å². The van der Waals surface area contributed by atoms with Crippen LogP contribution in [0.4, 0.5) is 0 Å². The van der Waals surface area contributed by atoms with Crippen molar-refractivity contribution in [3.8, 4) is 5.75 Å². The highest BCUT2D eigenvalue weighted by molar-refractivity contribution is 5.94. The van der Waals surface area contributed by atoms with Gasteiger partial charge in [0, 0.05) is 44.3 Å². The molecule has 0 bridgehead atoms. The molecule has 6 nitrogen and oxygen atoms in total. The minimum atomic E-state index is -0.276. The van der Waals surface area contributed by atoms with Gasteiger partial charge in [-0.1, -0.05) is 6.07 Å². The van der Waals surface area contributed by atoms with Crippen LogP contribution in [0.2, 0.25) is 0 Å². The summed E-state index contributed by atoms with van der Waals surface area (Å²) >= 11 is 0. The molecule has 2 aliphatic heterocycles. The number of hydrogen-bond donors (Lipinski definition) is 0. The summed E-state index contributed by atoms with van der Waals surface area (Å²) in [6.07, 6.45) is 5.29. The first-order valence-corrected chi connectivity index (χ1v) is 12.2. The molecule has 2 saturated heterocycles. The number of amides is 1. The number of benzene rings is 1. The van der Waals surface area contributed by atoms with Crippen molar-refractivity contribution < 1.29 is 19.0 Å². The van der Waals surface area contributed by atoms with E-state index in [2.05, 4.69) is 4.98 Å². The van der Waals surface area contributed by atoms with Crippen molar-refractivity contribution in [2.24, 2.45) is 0 Å². The second-order valence-electron chi connectivity index (χ2n) is 9.50. The molecule has 0 radical (unpaired) electrons. The van der Waals surface area contributed by atoms with Crippen LogP contribution in [0, 0.1) is 6.92 Å². The second-order valence-corrected chi connectivity index (χ2v) is 9.50. The lowest BCUT2D eigenvalue weighted by atomic mass is 9.81. The number of ether oxygens (including phenoxy) is 3. The molecule has 1 aromatic heterocycles. The molecule has 6 heteroatoms. The Bertz CT molecular complexity index is 938. The fourth-order valence-electron chi connectivity index (χ4n) is 5.04. The highest BCUT2D eigenvalue weighted by atomic mass is 16.5. The van der Waals surface area contributed by atoms with Gasteiger partial charge in [0.25, 0.3) is 5.91 Å². The molecule has 0 saturated carbocycles. The standard InChI is InChI=1S/C27H36N2O4/c1-5-31-22-17-25(23-8-6-7-13-28-23)33-27(18-22)11-14-29(15-12-27)26(30)21-9-10-24(20(4)16-21)32-19(2)3/h6-10,13,16,19,22,25H,5,11-12,14-15,17-18H2,1-4H3. The summed E-state index contributed by atoms with van der Waals surface area (Å²) in [5.74, 6) is 0.903. The van der Waals surface area contributed by atoms with Crippen LogP contribution < -0.4 is 4.74 Å². The number of likely N-dealkylation sites (tertiary alicyclic amines) is 1. The van der Waals surface area contributed by atoms with E-state index in [1.54, 1.807) is 0 Å². The highest BCUT2D eigenvalue weighted by Crippen LogP contribution is 2.43. The fourth-order valence-corrected chi connectivity index (χ4v) is 5.04. The Kier molecular flexibility index (Phi) is 7.35. The lowest BCUT2D eigenvalue weighted by molar-refractivity contribution is -0.191. The van der Waals surface area contributed by atoms with Crippen LogP contribution in [0.1, 0.15) is 74.2 Å². The Balaban J connectivity index is 1.44. The molecule has 33 heavy (non-hydrogen) atoms. The van der Waals surface area contributed by atoms with E-state index >= 15 is 0 Å². The van der Waals surface area contributed by atoms with Crippen molar-refractivity contribution in [2.45, 2.75) is 77.3 Å². The number of pyridine rings is 1. The van der Waals surface area contributed by atoms with E-state index in [9.17, 15) is 4.79 Å². The molecule has 4 rings (SSSR count). The third-order valence-corrected chi connectivity index (χ3v) is 6.64. The minimum Gasteiger partial charge on any atom is -0.491 e. The first-order chi connectivity index (χ1) is 15.9. The van der Waals surface area contributed by atoms with Gasteiger partial charge >= 0.3 is 0 Å². The average Bonchev–Trinajstić information content (AvgIpc) is 2.81. The van der Waals surface area contributed by atoms with Crippen molar-refractivity contribution in [2.75, 3.05) is 19.7 Å². The lowest BCUT2D eigenvalue weighted by Crippen LogP contribution is -2.52. The van der Waals surface area contributed by atoms with Crippen LogP contribution in [-0.2, 0) is 9.47 Å². The van der Waals surface area contributed by atoms with Gasteiger partial charge in [0.1, 0.15) is 11.9 Å². The largest absolute Gasteiger partial charge is 0.491 e. The van der Waals surface area contributed by atoms with Gasteiger partial charge in [-0.2, -0.15) is 0 Å². The predicted molar refractivity (Wildman–Crippen MR) is 128 cm³/mol. The van der Waals surface area contributed by atoms with Gasteiger partial charge in [-0.15, -0.1) is 0 Å². The normalized spacial score (nSPS) is 22.5. The number of carbonyl (C=O) groups excluding carboxylic acids is 1. The maximum absolute atomic E-state index is 13.2. The molecule has 2 aromatic rings. The smallest absolute Gasteiger partial charge is 0.253 e. The molecule has 1 amide bonds. The first kappa shape index (κ1) is 23.7. The molecular formula is C27H36N2O4. The molecule has 2 aliphatic rings. The quantitative estimate of drug-likeness (QED) is 0.610. The molecule has 178 valence electrons. The summed E-state index contributed by atoms with van der Waals surface area (Å²) in [6.45, 7) is 10.1. The molecule has 2 unspecified atom stereocenters. The zero-order valence-electron chi connectivity index (χ0n) is 20.3. The molecule has 0 aliphatic carbocycles. The minimum absolute atomic E-state index is 0.0718. The van der Waals surface area contributed by atoms with E-state index in [0.29, 0.717) is 25.3 Å². The van der Waals surface area contributed by atoms with Gasteiger partial charge in [0.15, 0.2) is 0 Å². The number of hydrogen-bond acceptors (Lipinski definition) is 5. The zero-order valence-corrected chi connectivity index (χ0v) is 20.3. The van der Waals surface area contributed by atoms with Crippen LogP contribution >= 0.6 is 0 Å². The van der Waals surface area contributed by atoms with Crippen LogP contribution in [0.3, 0.4) is 0 Å². The summed E-state index contributed by atoms with van der Waals surface area (Å²) in [6, 6.07) is 11.7. The molecular weight excluding hydrogens is 416 g/mol. The number of rotatable bonds is 6. The number of aromatic nitrogens is 1. The monoisotopic (exact) mass is 452 g/mol. The van der Waals surface area contributed by atoms with E-state index in [0.717, 1.165) is 42.7 Å². The number of carbonyl (C=O) groups is 1. The average molecular weight is 453 g/mol. The Morgan fingerprint density at radius 3 is 2.67 bits per heavy atom. The molecule has 0 N–H and O–H groups in total. The number of piperidine rings is 1. The van der Waals surface area contributed by atoms with Crippen LogP contribution in [0.25, 0.3) is 0 Å². The Morgan fingerprint density at radius 2 is 2.03 bits per heavy atom. The molecule has 1 spiro atoms. The van der Waals surface area contributed by atoms with Crippen LogP contribution in [-0.4, -0.2) is 53.3 Å². The topological polar surface area (TPSA) is 60.9 Å². The van der Waals surface area contributed by atoms with Crippen molar-refractivity contribution >= 4 is 5.91 Å². The van der Waals surface area contributed by atoms with Crippen molar-refractivity contribution in [3.05, 3.63) is 59.4 Å². The maximum atomic E-state index is 13.2. The van der Waals surface area contributed by atoms with E-state index < -0.39 is 0 Å². The Hall–Kier alpha value is -2.44. The molecule has 2 fully saturated rings. The Labute approximate surface area is 197 Å². The van der Waals surface area contributed by atoms with Gasteiger partial charge in [-0.05, 0) is 76.4 Å². The maximum Gasteiger partial charge on any atom is 0.253 e. The van der Waals surface area contributed by atoms with Crippen LogP contribution in [0.15, 0.2) is 42.6 Å². The highest BCUT2D eigenvalue weighted by Gasteiger charge is 2.45. The third kappa shape index (κ3) is 5.56. The van der Waals surface area contributed by atoms with Gasteiger partial charge < -0.3 is 19.1 Å². The molecule has 3 heterocycles.